The standard InChI is InChI=1S/C6H3BrClN3/c7-4-3-1-2-9-5(3)11-6(8)10-4/h1-2H,(H,9,10,11). The molecule has 0 bridgehead atoms. The zero-order valence-electron chi connectivity index (χ0n) is 5.31. The van der Waals surface area contributed by atoms with Crippen molar-refractivity contribution >= 4 is 38.6 Å². The number of hydrogen-bond donors (Lipinski definition) is 1. The molecule has 3 nitrogen and oxygen atoms in total. The van der Waals surface area contributed by atoms with Crippen LogP contribution in [0.15, 0.2) is 16.9 Å². The normalized spacial score (nSPS) is 10.7. The van der Waals surface area contributed by atoms with Crippen molar-refractivity contribution in [2.24, 2.45) is 0 Å². The first kappa shape index (κ1) is 7.06. The third kappa shape index (κ3) is 1.12. The summed E-state index contributed by atoms with van der Waals surface area (Å²) in [4.78, 5) is 10.8. The lowest BCUT2D eigenvalue weighted by atomic mass is 10.4. The number of aromatic amines is 1. The highest BCUT2D eigenvalue weighted by molar-refractivity contribution is 9.10. The molecule has 0 unspecified atom stereocenters. The molecule has 2 aromatic heterocycles. The van der Waals surface area contributed by atoms with Crippen molar-refractivity contribution in [1.82, 2.24) is 15.0 Å². The van der Waals surface area contributed by atoms with Crippen LogP contribution in [0.3, 0.4) is 0 Å². The van der Waals surface area contributed by atoms with Gasteiger partial charge in [0.05, 0.1) is 5.39 Å². The molecule has 56 valence electrons. The lowest BCUT2D eigenvalue weighted by Gasteiger charge is -1.92. The molecular weight excluding hydrogens is 229 g/mol. The predicted molar refractivity (Wildman–Crippen MR) is 46.6 cm³/mol. The highest BCUT2D eigenvalue weighted by Gasteiger charge is 2.03. The Hall–Kier alpha value is -0.610. The second-order valence-electron chi connectivity index (χ2n) is 2.02. The molecule has 0 radical (unpaired) electrons. The van der Waals surface area contributed by atoms with E-state index < -0.39 is 0 Å². The summed E-state index contributed by atoms with van der Waals surface area (Å²) in [6.07, 6.45) is 1.79. The van der Waals surface area contributed by atoms with Gasteiger partial charge < -0.3 is 4.98 Å². The van der Waals surface area contributed by atoms with E-state index in [4.69, 9.17) is 11.6 Å². The van der Waals surface area contributed by atoms with Crippen LogP contribution < -0.4 is 0 Å². The Kier molecular flexibility index (Phi) is 1.58. The van der Waals surface area contributed by atoms with E-state index in [1.165, 1.54) is 0 Å². The number of rotatable bonds is 0. The number of halogens is 2. The van der Waals surface area contributed by atoms with Crippen LogP contribution >= 0.6 is 27.5 Å². The number of nitrogens with one attached hydrogen (secondary N) is 1. The van der Waals surface area contributed by atoms with Crippen LogP contribution in [0.1, 0.15) is 0 Å². The largest absolute Gasteiger partial charge is 0.346 e. The zero-order valence-corrected chi connectivity index (χ0v) is 7.65. The van der Waals surface area contributed by atoms with Crippen LogP contribution in [0.5, 0.6) is 0 Å². The molecule has 0 spiro atoms. The van der Waals surface area contributed by atoms with Crippen LogP contribution in [-0.4, -0.2) is 15.0 Å². The maximum atomic E-state index is 5.61. The fourth-order valence-electron chi connectivity index (χ4n) is 0.878. The molecule has 0 aliphatic rings. The second kappa shape index (κ2) is 2.46. The molecule has 0 aromatic carbocycles. The fourth-order valence-corrected chi connectivity index (χ4v) is 1.64. The molecule has 11 heavy (non-hydrogen) atoms. The van der Waals surface area contributed by atoms with E-state index >= 15 is 0 Å². The summed E-state index contributed by atoms with van der Waals surface area (Å²) in [5, 5.41) is 1.18. The molecule has 0 saturated carbocycles. The van der Waals surface area contributed by atoms with Gasteiger partial charge in [-0.05, 0) is 33.6 Å². The second-order valence-corrected chi connectivity index (χ2v) is 3.11. The summed E-state index contributed by atoms with van der Waals surface area (Å²) in [6, 6.07) is 1.88. The van der Waals surface area contributed by atoms with Crippen molar-refractivity contribution in [2.75, 3.05) is 0 Å². The van der Waals surface area contributed by atoms with E-state index in [-0.39, 0.29) is 5.28 Å². The van der Waals surface area contributed by atoms with Gasteiger partial charge in [0.25, 0.3) is 0 Å². The van der Waals surface area contributed by atoms with Gasteiger partial charge in [-0.2, -0.15) is 4.98 Å². The van der Waals surface area contributed by atoms with Gasteiger partial charge in [-0.1, -0.05) is 0 Å². The Balaban J connectivity index is 2.91. The lowest BCUT2D eigenvalue weighted by Crippen LogP contribution is -1.83. The molecule has 2 rings (SSSR count). The third-order valence-electron chi connectivity index (χ3n) is 1.34. The zero-order chi connectivity index (χ0) is 7.84. The van der Waals surface area contributed by atoms with Crippen LogP contribution in [0, 0.1) is 0 Å². The van der Waals surface area contributed by atoms with Gasteiger partial charge in [0.15, 0.2) is 0 Å². The van der Waals surface area contributed by atoms with Crippen LogP contribution in [-0.2, 0) is 0 Å². The first-order chi connectivity index (χ1) is 5.27. The SMILES string of the molecule is Clc1nc(Br)c2cc[nH]c2n1. The number of H-pyrrole nitrogens is 1. The van der Waals surface area contributed by atoms with Crippen molar-refractivity contribution in [3.05, 3.63) is 22.1 Å². The molecule has 5 heteroatoms. The maximum Gasteiger partial charge on any atom is 0.225 e. The van der Waals surface area contributed by atoms with Gasteiger partial charge in [-0.15, -0.1) is 0 Å². The van der Waals surface area contributed by atoms with E-state index in [0.717, 1.165) is 11.0 Å². The van der Waals surface area contributed by atoms with Crippen LogP contribution in [0.25, 0.3) is 11.0 Å². The monoisotopic (exact) mass is 231 g/mol. The molecule has 0 aliphatic heterocycles. The van der Waals surface area contributed by atoms with Gasteiger partial charge in [-0.25, -0.2) is 4.98 Å². The van der Waals surface area contributed by atoms with E-state index in [0.29, 0.717) is 4.60 Å². The van der Waals surface area contributed by atoms with Gasteiger partial charge in [0.1, 0.15) is 10.3 Å². The smallest absolute Gasteiger partial charge is 0.225 e. The predicted octanol–water partition coefficient (Wildman–Crippen LogP) is 2.37. The van der Waals surface area contributed by atoms with Crippen molar-refractivity contribution in [3.8, 4) is 0 Å². The Morgan fingerprint density at radius 3 is 3.09 bits per heavy atom. The quantitative estimate of drug-likeness (QED) is 0.560. The van der Waals surface area contributed by atoms with E-state index in [1.54, 1.807) is 6.20 Å². The van der Waals surface area contributed by atoms with E-state index in [9.17, 15) is 0 Å². The molecule has 1 N–H and O–H groups in total. The van der Waals surface area contributed by atoms with E-state index in [1.807, 2.05) is 6.07 Å². The van der Waals surface area contributed by atoms with Crippen LogP contribution in [0.4, 0.5) is 0 Å². The third-order valence-corrected chi connectivity index (χ3v) is 2.12. The summed E-state index contributed by atoms with van der Waals surface area (Å²) in [6.45, 7) is 0. The van der Waals surface area contributed by atoms with Crippen molar-refractivity contribution in [3.63, 3.8) is 0 Å². The first-order valence-electron chi connectivity index (χ1n) is 2.93. The minimum atomic E-state index is 0.242. The van der Waals surface area contributed by atoms with Crippen molar-refractivity contribution < 1.29 is 0 Å². The maximum absolute atomic E-state index is 5.61. The van der Waals surface area contributed by atoms with Gasteiger partial charge in [0.2, 0.25) is 5.28 Å². The van der Waals surface area contributed by atoms with Gasteiger partial charge >= 0.3 is 0 Å². The minimum absolute atomic E-state index is 0.242. The van der Waals surface area contributed by atoms with Crippen molar-refractivity contribution in [1.29, 1.82) is 0 Å². The molecule has 2 heterocycles. The Bertz CT molecular complexity index is 398. The first-order valence-corrected chi connectivity index (χ1v) is 4.10. The molecular formula is C6H3BrClN3. The topological polar surface area (TPSA) is 41.6 Å². The highest BCUT2D eigenvalue weighted by atomic mass is 79.9. The summed E-state index contributed by atoms with van der Waals surface area (Å²) in [5.74, 6) is 0. The number of aromatic nitrogens is 3. The molecule has 0 saturated heterocycles. The molecule has 2 aromatic rings. The molecule has 0 atom stereocenters. The van der Waals surface area contributed by atoms with Crippen molar-refractivity contribution in [2.45, 2.75) is 0 Å². The van der Waals surface area contributed by atoms with Crippen LogP contribution in [0.2, 0.25) is 5.28 Å². The van der Waals surface area contributed by atoms with Gasteiger partial charge in [0, 0.05) is 6.20 Å². The molecule has 0 fully saturated rings. The number of hydrogen-bond acceptors (Lipinski definition) is 2. The van der Waals surface area contributed by atoms with E-state index in [2.05, 4.69) is 30.9 Å². The average molecular weight is 232 g/mol. The fraction of sp³-hybridized carbons (Fsp3) is 0. The number of fused-ring (bicyclic) bond motifs is 1. The summed E-state index contributed by atoms with van der Waals surface area (Å²) >= 11 is 8.88. The average Bonchev–Trinajstić information content (AvgIpc) is 2.34. The summed E-state index contributed by atoms with van der Waals surface area (Å²) in [5.41, 5.74) is 0.747. The lowest BCUT2D eigenvalue weighted by molar-refractivity contribution is 1.18. The Labute approximate surface area is 75.9 Å². The number of nitrogens with zero attached hydrogens (tertiary/aromatic N) is 2. The molecule has 0 aliphatic carbocycles. The Morgan fingerprint density at radius 2 is 2.27 bits per heavy atom. The summed E-state index contributed by atoms with van der Waals surface area (Å²) in [7, 11) is 0. The summed E-state index contributed by atoms with van der Waals surface area (Å²) < 4.78 is 0.716. The van der Waals surface area contributed by atoms with Gasteiger partial charge in [-0.3, -0.25) is 0 Å². The highest BCUT2D eigenvalue weighted by Crippen LogP contribution is 2.20. The molecule has 0 amide bonds. The Morgan fingerprint density at radius 1 is 1.45 bits per heavy atom. The minimum Gasteiger partial charge on any atom is -0.346 e.